The monoisotopic (exact) mass is 375 g/mol. The van der Waals surface area contributed by atoms with E-state index in [1.165, 1.54) is 0 Å². The van der Waals surface area contributed by atoms with Gasteiger partial charge in [0.1, 0.15) is 5.82 Å². The quantitative estimate of drug-likeness (QED) is 0.600. The highest BCUT2D eigenvalue weighted by Crippen LogP contribution is 2.30. The second-order valence-corrected chi connectivity index (χ2v) is 7.05. The van der Waals surface area contributed by atoms with Gasteiger partial charge in [-0.05, 0) is 24.5 Å². The molecule has 5 heteroatoms. The van der Waals surface area contributed by atoms with Crippen LogP contribution in [0.1, 0.15) is 19.3 Å². The number of nitrogens with zero attached hydrogens (tertiary/aromatic N) is 3. The molecule has 0 spiro atoms. The highest BCUT2D eigenvalue weighted by Gasteiger charge is 2.30. The number of amidine groups is 1. The number of likely N-dealkylation sites (tertiary alicyclic amines) is 1. The summed E-state index contributed by atoms with van der Waals surface area (Å²) in [4.78, 5) is 4.33. The van der Waals surface area contributed by atoms with Crippen LogP contribution in [-0.4, -0.2) is 34.8 Å². The van der Waals surface area contributed by atoms with E-state index in [0.29, 0.717) is 6.54 Å². The number of fused-ring (bicyclic) bond motifs is 1. The van der Waals surface area contributed by atoms with Gasteiger partial charge in [-0.3, -0.25) is 10.3 Å². The molecule has 1 atom stereocenters. The van der Waals surface area contributed by atoms with Crippen LogP contribution < -0.4 is 10.7 Å². The fraction of sp³-hybridized carbons (Fsp3) is 0.261. The summed E-state index contributed by atoms with van der Waals surface area (Å²) in [7, 11) is 0. The van der Waals surface area contributed by atoms with Gasteiger partial charge in [0, 0.05) is 42.7 Å². The number of hydrogen-bond donors (Lipinski definition) is 2. The average molecular weight is 376 g/mol. The normalized spacial score (nSPS) is 20.9. The van der Waals surface area contributed by atoms with Gasteiger partial charge < -0.3 is 10.2 Å². The zero-order chi connectivity index (χ0) is 20.1. The van der Waals surface area contributed by atoms with Crippen LogP contribution in [0.25, 0.3) is 0 Å². The molecule has 2 N–H and O–H groups in total. The Morgan fingerprint density at radius 1 is 1.36 bits per heavy atom. The first-order valence-electron chi connectivity index (χ1n) is 9.55. The maximum atomic E-state index is 4.39. The lowest BCUT2D eigenvalue weighted by atomic mass is 10.0. The van der Waals surface area contributed by atoms with Gasteiger partial charge in [-0.2, -0.15) is 5.10 Å². The van der Waals surface area contributed by atoms with Crippen molar-refractivity contribution in [1.82, 2.24) is 20.5 Å². The smallest absolute Gasteiger partial charge is 0.162 e. The summed E-state index contributed by atoms with van der Waals surface area (Å²) in [5.41, 5.74) is 7.26. The standard InChI is InChI=1S/C23H29N5/c1-6-10-20(7-2)16-24-18(4)22-12-9-13-27(22)17(3)15-21-11-8-14-28-19(5)25-26-23(21)28/h6-8,10-11,14,22,24-25H,1-5,9,12-13,15-16H2/b20-10+. The Labute approximate surface area is 168 Å². The predicted octanol–water partition coefficient (Wildman–Crippen LogP) is 3.90. The van der Waals surface area contributed by atoms with E-state index in [-0.39, 0.29) is 6.04 Å². The topological polar surface area (TPSA) is 42.9 Å². The van der Waals surface area contributed by atoms with Crippen LogP contribution in [0.5, 0.6) is 0 Å². The average Bonchev–Trinajstić information content (AvgIpc) is 3.33. The SMILES string of the molecule is C=C/C=C(\C=C)CNC(=C)C1CCCN1C(=C)CC1=CC=CN2C(=C)NN=C12. The molecule has 0 bridgehead atoms. The summed E-state index contributed by atoms with van der Waals surface area (Å²) in [5, 5.41) is 7.84. The molecule has 146 valence electrons. The predicted molar refractivity (Wildman–Crippen MR) is 118 cm³/mol. The van der Waals surface area contributed by atoms with E-state index < -0.39 is 0 Å². The van der Waals surface area contributed by atoms with Crippen molar-refractivity contribution in [2.24, 2.45) is 5.10 Å². The van der Waals surface area contributed by atoms with Gasteiger partial charge in [0.15, 0.2) is 5.84 Å². The minimum absolute atomic E-state index is 0.247. The lowest BCUT2D eigenvalue weighted by Crippen LogP contribution is -2.36. The molecule has 0 amide bonds. The maximum absolute atomic E-state index is 4.39. The van der Waals surface area contributed by atoms with Gasteiger partial charge in [0.05, 0.1) is 6.04 Å². The minimum atomic E-state index is 0.247. The number of nitrogens with one attached hydrogen (secondary N) is 2. The lowest BCUT2D eigenvalue weighted by molar-refractivity contribution is 0.339. The van der Waals surface area contributed by atoms with Crippen molar-refractivity contribution in [2.45, 2.75) is 25.3 Å². The Kier molecular flexibility index (Phi) is 6.04. The van der Waals surface area contributed by atoms with Gasteiger partial charge in [-0.1, -0.05) is 57.2 Å². The van der Waals surface area contributed by atoms with Crippen LogP contribution in [0.3, 0.4) is 0 Å². The number of allylic oxidation sites excluding steroid dienone is 5. The first kappa shape index (κ1) is 19.5. The largest absolute Gasteiger partial charge is 0.383 e. The number of hydrogen-bond acceptors (Lipinski definition) is 5. The lowest BCUT2D eigenvalue weighted by Gasteiger charge is -2.31. The van der Waals surface area contributed by atoms with Crippen LogP contribution in [0, 0.1) is 0 Å². The Balaban J connectivity index is 1.62. The van der Waals surface area contributed by atoms with E-state index in [2.05, 4.69) is 59.7 Å². The second kappa shape index (κ2) is 8.65. The summed E-state index contributed by atoms with van der Waals surface area (Å²) < 4.78 is 0. The molecule has 1 fully saturated rings. The Morgan fingerprint density at radius 2 is 2.18 bits per heavy atom. The molecule has 0 aromatic rings. The fourth-order valence-corrected chi connectivity index (χ4v) is 3.71. The zero-order valence-electron chi connectivity index (χ0n) is 16.5. The van der Waals surface area contributed by atoms with Crippen LogP contribution >= 0.6 is 0 Å². The molecule has 0 saturated carbocycles. The Hall–Kier alpha value is -3.21. The molecule has 28 heavy (non-hydrogen) atoms. The van der Waals surface area contributed by atoms with Gasteiger partial charge in [0.2, 0.25) is 0 Å². The third-order valence-corrected chi connectivity index (χ3v) is 5.20. The van der Waals surface area contributed by atoms with Crippen molar-refractivity contribution in [3.05, 3.63) is 97.8 Å². The van der Waals surface area contributed by atoms with Gasteiger partial charge in [-0.15, -0.1) is 0 Å². The van der Waals surface area contributed by atoms with Gasteiger partial charge >= 0.3 is 0 Å². The van der Waals surface area contributed by atoms with E-state index in [1.54, 1.807) is 6.08 Å². The van der Waals surface area contributed by atoms with Crippen molar-refractivity contribution >= 4 is 5.84 Å². The zero-order valence-corrected chi connectivity index (χ0v) is 16.5. The Bertz CT molecular complexity index is 824. The van der Waals surface area contributed by atoms with Gasteiger partial charge in [-0.25, -0.2) is 0 Å². The van der Waals surface area contributed by atoms with Crippen LogP contribution in [0.4, 0.5) is 0 Å². The van der Waals surface area contributed by atoms with Crippen molar-refractivity contribution < 1.29 is 0 Å². The highest BCUT2D eigenvalue weighted by molar-refractivity contribution is 6.02. The number of hydrazone groups is 1. The molecule has 1 unspecified atom stereocenters. The molecule has 1 saturated heterocycles. The molecular formula is C23H29N5. The van der Waals surface area contributed by atoms with E-state index >= 15 is 0 Å². The maximum Gasteiger partial charge on any atom is 0.162 e. The van der Waals surface area contributed by atoms with Crippen molar-refractivity contribution in [2.75, 3.05) is 13.1 Å². The Morgan fingerprint density at radius 3 is 2.93 bits per heavy atom. The third kappa shape index (κ3) is 4.03. The summed E-state index contributed by atoms with van der Waals surface area (Å²) in [5.74, 6) is 1.66. The molecule has 3 aliphatic heterocycles. The molecule has 0 radical (unpaired) electrons. The summed E-state index contributed by atoms with van der Waals surface area (Å²) >= 11 is 0. The third-order valence-electron chi connectivity index (χ3n) is 5.20. The van der Waals surface area contributed by atoms with Crippen LogP contribution in [0.2, 0.25) is 0 Å². The first-order valence-corrected chi connectivity index (χ1v) is 9.55. The first-order chi connectivity index (χ1) is 13.5. The minimum Gasteiger partial charge on any atom is -0.383 e. The summed E-state index contributed by atoms with van der Waals surface area (Å²) in [6.45, 7) is 21.9. The molecule has 0 aromatic carbocycles. The van der Waals surface area contributed by atoms with Crippen LogP contribution in [0.15, 0.2) is 103 Å². The van der Waals surface area contributed by atoms with E-state index in [1.807, 2.05) is 29.3 Å². The van der Waals surface area contributed by atoms with Gasteiger partial charge in [0.25, 0.3) is 0 Å². The molecule has 0 aromatic heterocycles. The second-order valence-electron chi connectivity index (χ2n) is 7.05. The molecule has 5 nitrogen and oxygen atoms in total. The van der Waals surface area contributed by atoms with E-state index in [9.17, 15) is 0 Å². The molecule has 3 aliphatic rings. The number of rotatable bonds is 9. The van der Waals surface area contributed by atoms with Crippen molar-refractivity contribution in [3.63, 3.8) is 0 Å². The molecule has 3 heterocycles. The molecular weight excluding hydrogens is 346 g/mol. The van der Waals surface area contributed by atoms with Crippen molar-refractivity contribution in [3.8, 4) is 0 Å². The van der Waals surface area contributed by atoms with Crippen LogP contribution in [-0.2, 0) is 0 Å². The van der Waals surface area contributed by atoms with Crippen molar-refractivity contribution in [1.29, 1.82) is 0 Å². The summed E-state index contributed by atoms with van der Waals surface area (Å²) in [6, 6.07) is 0.247. The molecule has 0 aliphatic carbocycles. The highest BCUT2D eigenvalue weighted by atomic mass is 15.5. The fourth-order valence-electron chi connectivity index (χ4n) is 3.71. The molecule has 3 rings (SSSR count). The van der Waals surface area contributed by atoms with E-state index in [4.69, 9.17) is 0 Å². The summed E-state index contributed by atoms with van der Waals surface area (Å²) in [6.07, 6.45) is 14.6. The van der Waals surface area contributed by atoms with E-state index in [0.717, 1.165) is 60.0 Å².